The summed E-state index contributed by atoms with van der Waals surface area (Å²) in [6.07, 6.45) is 5.01. The number of hydrogen-bond donors (Lipinski definition) is 1. The van der Waals surface area contributed by atoms with Gasteiger partial charge in [0, 0.05) is 17.7 Å². The SMILES string of the molecule is CS(=O)(=O)/C=C/[C@H](N)C1CC1. The highest BCUT2D eigenvalue weighted by atomic mass is 32.2. The Balaban J connectivity index is 2.45. The minimum atomic E-state index is -2.99. The second-order valence-electron chi connectivity index (χ2n) is 3.07. The van der Waals surface area contributed by atoms with Crippen molar-refractivity contribution in [1.82, 2.24) is 0 Å². The van der Waals surface area contributed by atoms with Crippen LogP contribution in [0.1, 0.15) is 12.8 Å². The molecule has 1 aliphatic rings. The van der Waals surface area contributed by atoms with E-state index in [1.807, 2.05) is 0 Å². The van der Waals surface area contributed by atoms with Gasteiger partial charge in [0.05, 0.1) is 0 Å². The molecule has 0 radical (unpaired) electrons. The lowest BCUT2D eigenvalue weighted by Crippen LogP contribution is -2.19. The second kappa shape index (κ2) is 2.95. The molecule has 0 saturated heterocycles. The normalized spacial score (nSPS) is 22.4. The maximum absolute atomic E-state index is 10.6. The van der Waals surface area contributed by atoms with Crippen molar-refractivity contribution in [3.63, 3.8) is 0 Å². The lowest BCUT2D eigenvalue weighted by atomic mass is 10.2. The van der Waals surface area contributed by atoms with Gasteiger partial charge >= 0.3 is 0 Å². The number of sulfone groups is 1. The quantitative estimate of drug-likeness (QED) is 0.670. The molecule has 1 aliphatic carbocycles. The van der Waals surface area contributed by atoms with Gasteiger partial charge in [-0.1, -0.05) is 6.08 Å². The highest BCUT2D eigenvalue weighted by Crippen LogP contribution is 2.31. The van der Waals surface area contributed by atoms with Crippen molar-refractivity contribution in [1.29, 1.82) is 0 Å². The summed E-state index contributed by atoms with van der Waals surface area (Å²) in [5.74, 6) is 0.521. The summed E-state index contributed by atoms with van der Waals surface area (Å²) in [6, 6.07) is -0.0651. The third kappa shape index (κ3) is 3.53. The first-order chi connectivity index (χ1) is 4.99. The fourth-order valence-electron chi connectivity index (χ4n) is 0.872. The minimum Gasteiger partial charge on any atom is -0.324 e. The molecule has 0 amide bonds. The Hall–Kier alpha value is -0.350. The van der Waals surface area contributed by atoms with Crippen molar-refractivity contribution in [2.45, 2.75) is 18.9 Å². The lowest BCUT2D eigenvalue weighted by Gasteiger charge is -2.00. The van der Waals surface area contributed by atoms with Gasteiger partial charge < -0.3 is 5.73 Å². The van der Waals surface area contributed by atoms with Gasteiger partial charge in [0.2, 0.25) is 0 Å². The molecular formula is C7H13NO2S. The van der Waals surface area contributed by atoms with Crippen LogP contribution in [0, 0.1) is 5.92 Å². The van der Waals surface area contributed by atoms with Crippen LogP contribution in [-0.2, 0) is 9.84 Å². The van der Waals surface area contributed by atoms with E-state index in [1.165, 1.54) is 11.7 Å². The van der Waals surface area contributed by atoms with Gasteiger partial charge in [0.15, 0.2) is 9.84 Å². The maximum Gasteiger partial charge on any atom is 0.168 e. The minimum absolute atomic E-state index is 0.0651. The van der Waals surface area contributed by atoms with Crippen LogP contribution in [0.3, 0.4) is 0 Å². The van der Waals surface area contributed by atoms with E-state index in [4.69, 9.17) is 5.73 Å². The summed E-state index contributed by atoms with van der Waals surface area (Å²) >= 11 is 0. The van der Waals surface area contributed by atoms with Gasteiger partial charge in [-0.05, 0) is 18.8 Å². The molecule has 0 aromatic carbocycles. The van der Waals surface area contributed by atoms with E-state index in [1.54, 1.807) is 6.08 Å². The summed E-state index contributed by atoms with van der Waals surface area (Å²) in [6.45, 7) is 0. The first kappa shape index (κ1) is 8.74. The van der Waals surface area contributed by atoms with Crippen LogP contribution in [0.2, 0.25) is 0 Å². The van der Waals surface area contributed by atoms with Gasteiger partial charge in [-0.25, -0.2) is 8.42 Å². The average molecular weight is 175 g/mol. The van der Waals surface area contributed by atoms with E-state index in [0.717, 1.165) is 12.8 Å². The summed E-state index contributed by atoms with van der Waals surface area (Å²) in [7, 11) is -2.99. The fraction of sp³-hybridized carbons (Fsp3) is 0.714. The van der Waals surface area contributed by atoms with Crippen molar-refractivity contribution in [2.75, 3.05) is 6.26 Å². The van der Waals surface area contributed by atoms with Crippen molar-refractivity contribution < 1.29 is 8.42 Å². The van der Waals surface area contributed by atoms with E-state index in [-0.39, 0.29) is 6.04 Å². The molecular weight excluding hydrogens is 162 g/mol. The van der Waals surface area contributed by atoms with Crippen molar-refractivity contribution in [3.8, 4) is 0 Å². The molecule has 1 fully saturated rings. The molecule has 3 nitrogen and oxygen atoms in total. The highest BCUT2D eigenvalue weighted by Gasteiger charge is 2.26. The van der Waals surface area contributed by atoms with E-state index in [9.17, 15) is 8.42 Å². The molecule has 0 aliphatic heterocycles. The van der Waals surface area contributed by atoms with Crippen LogP contribution < -0.4 is 5.73 Å². The molecule has 11 heavy (non-hydrogen) atoms. The first-order valence-corrected chi connectivity index (χ1v) is 5.58. The topological polar surface area (TPSA) is 60.2 Å². The van der Waals surface area contributed by atoms with Crippen molar-refractivity contribution in [3.05, 3.63) is 11.5 Å². The molecule has 0 unspecified atom stereocenters. The van der Waals surface area contributed by atoms with E-state index < -0.39 is 9.84 Å². The third-order valence-corrected chi connectivity index (χ3v) is 2.37. The highest BCUT2D eigenvalue weighted by molar-refractivity contribution is 7.93. The molecule has 4 heteroatoms. The Bertz CT molecular complexity index is 252. The van der Waals surface area contributed by atoms with Crippen LogP contribution in [0.5, 0.6) is 0 Å². The first-order valence-electron chi connectivity index (χ1n) is 3.63. The van der Waals surface area contributed by atoms with Crippen molar-refractivity contribution >= 4 is 9.84 Å². The Labute approximate surface area is 67.2 Å². The van der Waals surface area contributed by atoms with Gasteiger partial charge in [0.1, 0.15) is 0 Å². The van der Waals surface area contributed by atoms with Crippen molar-refractivity contribution in [2.24, 2.45) is 11.7 Å². The predicted octanol–water partition coefficient (Wildman–Crippen LogP) is 0.282. The van der Waals surface area contributed by atoms with Crippen LogP contribution in [0.15, 0.2) is 11.5 Å². The monoisotopic (exact) mass is 175 g/mol. The number of nitrogens with two attached hydrogens (primary N) is 1. The predicted molar refractivity (Wildman–Crippen MR) is 44.7 cm³/mol. The number of rotatable bonds is 3. The maximum atomic E-state index is 10.6. The van der Waals surface area contributed by atoms with Crippen LogP contribution in [0.4, 0.5) is 0 Å². The standard InChI is InChI=1S/C7H13NO2S/c1-11(9,10)5-4-7(8)6-2-3-6/h4-7H,2-3,8H2,1H3/b5-4+/t7-/m0/s1. The molecule has 0 aromatic rings. The molecule has 1 atom stereocenters. The lowest BCUT2D eigenvalue weighted by molar-refractivity contribution is 0.609. The molecule has 1 rings (SSSR count). The molecule has 0 bridgehead atoms. The Morgan fingerprint density at radius 1 is 1.55 bits per heavy atom. The third-order valence-electron chi connectivity index (χ3n) is 1.71. The molecule has 0 spiro atoms. The van der Waals surface area contributed by atoms with Gasteiger partial charge in [-0.3, -0.25) is 0 Å². The van der Waals surface area contributed by atoms with E-state index in [0.29, 0.717) is 5.92 Å². The smallest absolute Gasteiger partial charge is 0.168 e. The average Bonchev–Trinajstić information content (AvgIpc) is 2.61. The summed E-state index contributed by atoms with van der Waals surface area (Å²) in [4.78, 5) is 0. The second-order valence-corrected chi connectivity index (χ2v) is 5.00. The zero-order chi connectivity index (χ0) is 8.48. The summed E-state index contributed by atoms with van der Waals surface area (Å²) in [5.41, 5.74) is 5.63. The Kier molecular flexibility index (Phi) is 2.34. The van der Waals surface area contributed by atoms with Gasteiger partial charge in [-0.2, -0.15) is 0 Å². The zero-order valence-electron chi connectivity index (χ0n) is 6.53. The molecule has 0 heterocycles. The van der Waals surface area contributed by atoms with Crippen LogP contribution in [-0.4, -0.2) is 20.7 Å². The summed E-state index contributed by atoms with van der Waals surface area (Å²) in [5, 5.41) is 1.19. The van der Waals surface area contributed by atoms with Gasteiger partial charge in [-0.15, -0.1) is 0 Å². The molecule has 2 N–H and O–H groups in total. The largest absolute Gasteiger partial charge is 0.324 e. The zero-order valence-corrected chi connectivity index (χ0v) is 7.34. The van der Waals surface area contributed by atoms with E-state index >= 15 is 0 Å². The van der Waals surface area contributed by atoms with Crippen LogP contribution >= 0.6 is 0 Å². The molecule has 1 saturated carbocycles. The number of hydrogen-bond acceptors (Lipinski definition) is 3. The van der Waals surface area contributed by atoms with E-state index in [2.05, 4.69) is 0 Å². The Morgan fingerprint density at radius 3 is 2.45 bits per heavy atom. The molecule has 0 aromatic heterocycles. The van der Waals surface area contributed by atoms with Gasteiger partial charge in [0.25, 0.3) is 0 Å². The summed E-state index contributed by atoms with van der Waals surface area (Å²) < 4.78 is 21.3. The Morgan fingerprint density at radius 2 is 2.09 bits per heavy atom. The fourth-order valence-corrected chi connectivity index (χ4v) is 1.34. The molecule has 64 valence electrons. The van der Waals surface area contributed by atoms with Crippen LogP contribution in [0.25, 0.3) is 0 Å².